The van der Waals surface area contributed by atoms with Crippen LogP contribution in [0.25, 0.3) is 10.4 Å². The van der Waals surface area contributed by atoms with Crippen LogP contribution in [0.5, 0.6) is 0 Å². The fourth-order valence-corrected chi connectivity index (χ4v) is 3.68. The summed E-state index contributed by atoms with van der Waals surface area (Å²) in [7, 11) is 0. The van der Waals surface area contributed by atoms with Gasteiger partial charge >= 0.3 is 0 Å². The second kappa shape index (κ2) is 7.39. The summed E-state index contributed by atoms with van der Waals surface area (Å²) < 4.78 is 0. The molecule has 0 aliphatic carbocycles. The van der Waals surface area contributed by atoms with Crippen LogP contribution in [0.1, 0.15) is 21.1 Å². The van der Waals surface area contributed by atoms with Crippen molar-refractivity contribution in [1.82, 2.24) is 15.4 Å². The SMILES string of the molecule is Cc1cc(C)nc(NNC(=O)c2ccc(-c3cc(Cl)cc(Cl)c3)s2)n1. The number of hydrogen-bond acceptors (Lipinski definition) is 5. The van der Waals surface area contributed by atoms with Crippen molar-refractivity contribution in [2.24, 2.45) is 0 Å². The molecule has 25 heavy (non-hydrogen) atoms. The van der Waals surface area contributed by atoms with Crippen molar-refractivity contribution in [3.05, 3.63) is 62.7 Å². The Morgan fingerprint density at radius 3 is 2.28 bits per heavy atom. The molecule has 0 bridgehead atoms. The molecule has 1 amide bonds. The van der Waals surface area contributed by atoms with E-state index in [2.05, 4.69) is 20.8 Å². The van der Waals surface area contributed by atoms with E-state index in [4.69, 9.17) is 23.2 Å². The van der Waals surface area contributed by atoms with Crippen LogP contribution in [-0.2, 0) is 0 Å². The Morgan fingerprint density at radius 1 is 1.00 bits per heavy atom. The van der Waals surface area contributed by atoms with Gasteiger partial charge in [0.1, 0.15) is 0 Å². The van der Waals surface area contributed by atoms with Crippen molar-refractivity contribution in [3.8, 4) is 10.4 Å². The van der Waals surface area contributed by atoms with Crippen molar-refractivity contribution in [2.45, 2.75) is 13.8 Å². The fraction of sp³-hybridized carbons (Fsp3) is 0.118. The predicted octanol–water partition coefficient (Wildman–Crippen LogP) is 4.89. The third kappa shape index (κ3) is 4.48. The summed E-state index contributed by atoms with van der Waals surface area (Å²) >= 11 is 13.4. The predicted molar refractivity (Wildman–Crippen MR) is 102 cm³/mol. The number of nitrogens with one attached hydrogen (secondary N) is 2. The average Bonchev–Trinajstić information content (AvgIpc) is 3.01. The number of amides is 1. The number of hydrogen-bond donors (Lipinski definition) is 2. The number of thiophene rings is 1. The first-order valence-corrected chi connectivity index (χ1v) is 8.93. The minimum Gasteiger partial charge on any atom is -0.266 e. The Hall–Kier alpha value is -2.15. The Bertz CT molecular complexity index is 902. The standard InChI is InChI=1S/C17H14Cl2N4OS/c1-9-5-10(2)21-17(20-9)23-22-16(24)15-4-3-14(25-15)11-6-12(18)8-13(19)7-11/h3-8H,1-2H3,(H,22,24)(H,20,21,23). The topological polar surface area (TPSA) is 66.9 Å². The van der Waals surface area contributed by atoms with E-state index in [1.807, 2.05) is 38.1 Å². The number of benzene rings is 1. The molecule has 0 aliphatic heterocycles. The highest BCUT2D eigenvalue weighted by Gasteiger charge is 2.11. The first-order valence-electron chi connectivity index (χ1n) is 7.35. The van der Waals surface area contributed by atoms with Gasteiger partial charge in [0.05, 0.1) is 4.88 Å². The van der Waals surface area contributed by atoms with Gasteiger partial charge in [0.2, 0.25) is 5.95 Å². The van der Waals surface area contributed by atoms with E-state index in [1.54, 1.807) is 12.1 Å². The molecule has 0 saturated heterocycles. The molecule has 0 aliphatic rings. The third-order valence-corrected chi connectivity index (χ3v) is 4.82. The molecule has 0 radical (unpaired) electrons. The van der Waals surface area contributed by atoms with Crippen LogP contribution in [0.15, 0.2) is 36.4 Å². The largest absolute Gasteiger partial charge is 0.279 e. The van der Waals surface area contributed by atoms with Crippen LogP contribution in [0.4, 0.5) is 5.95 Å². The number of halogens is 2. The maximum atomic E-state index is 12.3. The lowest BCUT2D eigenvalue weighted by atomic mass is 10.2. The zero-order chi connectivity index (χ0) is 18.0. The highest BCUT2D eigenvalue weighted by molar-refractivity contribution is 7.17. The molecule has 128 valence electrons. The molecule has 0 fully saturated rings. The van der Waals surface area contributed by atoms with Crippen LogP contribution in [0.3, 0.4) is 0 Å². The van der Waals surface area contributed by atoms with Gasteiger partial charge in [-0.2, -0.15) is 0 Å². The first kappa shape index (κ1) is 17.7. The molecule has 0 unspecified atom stereocenters. The lowest BCUT2D eigenvalue weighted by Crippen LogP contribution is -2.29. The van der Waals surface area contributed by atoms with Crippen molar-refractivity contribution in [1.29, 1.82) is 0 Å². The summed E-state index contributed by atoms with van der Waals surface area (Å²) in [5.41, 5.74) is 7.84. The lowest BCUT2D eigenvalue weighted by Gasteiger charge is -2.07. The monoisotopic (exact) mass is 392 g/mol. The Balaban J connectivity index is 1.72. The quantitative estimate of drug-likeness (QED) is 0.620. The minimum atomic E-state index is -0.271. The number of rotatable bonds is 4. The summed E-state index contributed by atoms with van der Waals surface area (Å²) in [5, 5.41) is 1.10. The lowest BCUT2D eigenvalue weighted by molar-refractivity contribution is 0.0966. The van der Waals surface area contributed by atoms with Gasteiger partial charge in [0.25, 0.3) is 5.91 Å². The number of aromatic nitrogens is 2. The van der Waals surface area contributed by atoms with E-state index in [1.165, 1.54) is 11.3 Å². The zero-order valence-corrected chi connectivity index (χ0v) is 15.8. The molecule has 2 N–H and O–H groups in total. The molecule has 3 aromatic rings. The minimum absolute atomic E-state index is 0.271. The van der Waals surface area contributed by atoms with Crippen molar-refractivity contribution >= 4 is 46.4 Å². The number of carbonyl (C=O) groups excluding carboxylic acids is 1. The van der Waals surface area contributed by atoms with Gasteiger partial charge in [-0.1, -0.05) is 23.2 Å². The molecule has 2 heterocycles. The number of carbonyl (C=O) groups is 1. The van der Waals surface area contributed by atoms with E-state index in [0.717, 1.165) is 21.8 Å². The molecule has 0 saturated carbocycles. The summed E-state index contributed by atoms with van der Waals surface area (Å²) in [6.07, 6.45) is 0. The van der Waals surface area contributed by atoms with Crippen molar-refractivity contribution in [3.63, 3.8) is 0 Å². The van der Waals surface area contributed by atoms with Gasteiger partial charge in [0, 0.05) is 26.3 Å². The molecule has 0 spiro atoms. The van der Waals surface area contributed by atoms with E-state index in [-0.39, 0.29) is 5.91 Å². The van der Waals surface area contributed by atoms with Crippen LogP contribution in [0, 0.1) is 13.8 Å². The van der Waals surface area contributed by atoms with Crippen LogP contribution < -0.4 is 10.9 Å². The number of anilines is 1. The molecule has 1 aromatic carbocycles. The van der Waals surface area contributed by atoms with Gasteiger partial charge in [0.15, 0.2) is 0 Å². The van der Waals surface area contributed by atoms with Gasteiger partial charge in [-0.15, -0.1) is 11.3 Å². The molecule has 5 nitrogen and oxygen atoms in total. The molecular weight excluding hydrogens is 379 g/mol. The van der Waals surface area contributed by atoms with Crippen molar-refractivity contribution in [2.75, 3.05) is 5.43 Å². The maximum absolute atomic E-state index is 12.3. The summed E-state index contributed by atoms with van der Waals surface area (Å²) in [6, 6.07) is 10.7. The van der Waals surface area contributed by atoms with Gasteiger partial charge in [-0.3, -0.25) is 15.6 Å². The van der Waals surface area contributed by atoms with Gasteiger partial charge in [-0.05, 0) is 55.8 Å². The van der Waals surface area contributed by atoms with Crippen LogP contribution in [0.2, 0.25) is 10.0 Å². The number of aryl methyl sites for hydroxylation is 2. The summed E-state index contributed by atoms with van der Waals surface area (Å²) in [5.74, 6) is 0.0800. The average molecular weight is 393 g/mol. The number of nitrogens with zero attached hydrogens (tertiary/aromatic N) is 2. The normalized spacial score (nSPS) is 10.6. The fourth-order valence-electron chi connectivity index (χ4n) is 2.27. The molecular formula is C17H14Cl2N4OS. The third-order valence-electron chi connectivity index (χ3n) is 3.25. The molecule has 2 aromatic heterocycles. The van der Waals surface area contributed by atoms with E-state index >= 15 is 0 Å². The van der Waals surface area contributed by atoms with Gasteiger partial charge < -0.3 is 0 Å². The van der Waals surface area contributed by atoms with Crippen molar-refractivity contribution < 1.29 is 4.79 Å². The second-order valence-corrected chi connectivity index (χ2v) is 7.33. The molecule has 3 rings (SSSR count). The van der Waals surface area contributed by atoms with E-state index < -0.39 is 0 Å². The Morgan fingerprint density at radius 2 is 1.64 bits per heavy atom. The zero-order valence-electron chi connectivity index (χ0n) is 13.4. The summed E-state index contributed by atoms with van der Waals surface area (Å²) in [4.78, 5) is 22.2. The maximum Gasteiger partial charge on any atom is 0.279 e. The molecule has 8 heteroatoms. The second-order valence-electron chi connectivity index (χ2n) is 5.38. The molecule has 0 atom stereocenters. The van der Waals surface area contributed by atoms with Crippen LogP contribution in [-0.4, -0.2) is 15.9 Å². The van der Waals surface area contributed by atoms with E-state index in [0.29, 0.717) is 20.9 Å². The Labute approximate surface area is 159 Å². The Kier molecular flexibility index (Phi) is 5.22. The van der Waals surface area contributed by atoms with Crippen LogP contribution >= 0.6 is 34.5 Å². The highest BCUT2D eigenvalue weighted by Crippen LogP contribution is 2.32. The first-order chi connectivity index (χ1) is 11.9. The summed E-state index contributed by atoms with van der Waals surface area (Å²) in [6.45, 7) is 3.73. The smallest absolute Gasteiger partial charge is 0.266 e. The highest BCUT2D eigenvalue weighted by atomic mass is 35.5. The van der Waals surface area contributed by atoms with E-state index in [9.17, 15) is 4.79 Å². The van der Waals surface area contributed by atoms with Gasteiger partial charge in [-0.25, -0.2) is 9.97 Å². The number of hydrazine groups is 1.